The number of nitrogen functional groups attached to an aromatic ring is 1. The SMILES string of the molecule is Nc1cncc(-c2cn3ccnc3c(Nc3ccc(N4CCN(C(=O)CCCCCCCNc5cccc6c5C(=O)N(C5CCC(=O)NC5=O)C6=O)CC4)cc3)n2)n1. The molecule has 298 valence electrons. The Morgan fingerprint density at radius 3 is 2.47 bits per heavy atom. The van der Waals surface area contributed by atoms with Crippen LogP contribution in [0, 0.1) is 0 Å². The van der Waals surface area contributed by atoms with Gasteiger partial charge in [-0.15, -0.1) is 0 Å². The van der Waals surface area contributed by atoms with Crippen molar-refractivity contribution >= 4 is 63.9 Å². The number of piperidine rings is 1. The van der Waals surface area contributed by atoms with Crippen molar-refractivity contribution in [2.24, 2.45) is 0 Å². The van der Waals surface area contributed by atoms with Crippen molar-refractivity contribution < 1.29 is 24.0 Å². The van der Waals surface area contributed by atoms with Crippen molar-refractivity contribution in [3.63, 3.8) is 0 Å². The van der Waals surface area contributed by atoms with E-state index in [0.29, 0.717) is 60.4 Å². The van der Waals surface area contributed by atoms with Gasteiger partial charge in [-0.1, -0.05) is 25.3 Å². The lowest BCUT2D eigenvalue weighted by molar-refractivity contribution is -0.136. The van der Waals surface area contributed by atoms with E-state index in [4.69, 9.17) is 10.7 Å². The third kappa shape index (κ3) is 8.00. The molecule has 5 N–H and O–H groups in total. The van der Waals surface area contributed by atoms with Gasteiger partial charge in [0.2, 0.25) is 17.7 Å². The number of amides is 5. The zero-order chi connectivity index (χ0) is 40.2. The molecule has 5 aromatic rings. The first-order chi connectivity index (χ1) is 28.2. The van der Waals surface area contributed by atoms with Gasteiger partial charge in [0.05, 0.1) is 23.5 Å². The van der Waals surface area contributed by atoms with Gasteiger partial charge >= 0.3 is 0 Å². The maximum atomic E-state index is 13.3. The monoisotopic (exact) mass is 784 g/mol. The molecule has 2 aromatic carbocycles. The summed E-state index contributed by atoms with van der Waals surface area (Å²) in [5.74, 6) is -0.989. The number of nitrogens with zero attached hydrogens (tertiary/aromatic N) is 8. The van der Waals surface area contributed by atoms with E-state index in [1.54, 1.807) is 30.6 Å². The molecule has 3 aromatic heterocycles. The largest absolute Gasteiger partial charge is 0.384 e. The number of aromatic nitrogens is 5. The van der Waals surface area contributed by atoms with E-state index in [-0.39, 0.29) is 29.9 Å². The molecule has 58 heavy (non-hydrogen) atoms. The van der Waals surface area contributed by atoms with Gasteiger partial charge < -0.3 is 30.6 Å². The molecule has 5 amide bonds. The van der Waals surface area contributed by atoms with E-state index in [1.165, 1.54) is 6.20 Å². The number of piperazine rings is 1. The van der Waals surface area contributed by atoms with Crippen LogP contribution in [0.2, 0.25) is 0 Å². The highest BCUT2D eigenvalue weighted by atomic mass is 16.2. The zero-order valence-electron chi connectivity index (χ0n) is 31.9. The summed E-state index contributed by atoms with van der Waals surface area (Å²) in [5, 5.41) is 8.91. The molecule has 2 saturated heterocycles. The topological polar surface area (TPSA) is 213 Å². The molecule has 17 nitrogen and oxygen atoms in total. The number of hydrogen-bond donors (Lipinski definition) is 4. The normalized spacial score (nSPS) is 16.8. The number of unbranched alkanes of at least 4 members (excludes halogenated alkanes) is 4. The number of nitrogens with one attached hydrogen (secondary N) is 3. The Bertz CT molecular complexity index is 2370. The number of imide groups is 2. The Kier molecular flexibility index (Phi) is 10.9. The van der Waals surface area contributed by atoms with Gasteiger partial charge in [0.1, 0.15) is 23.2 Å². The number of benzene rings is 2. The molecule has 0 bridgehead atoms. The van der Waals surface area contributed by atoms with Crippen molar-refractivity contribution in [1.29, 1.82) is 0 Å². The van der Waals surface area contributed by atoms with Crippen LogP contribution in [0.1, 0.15) is 72.1 Å². The summed E-state index contributed by atoms with van der Waals surface area (Å²) in [4.78, 5) is 86.3. The average Bonchev–Trinajstić information content (AvgIpc) is 3.81. The van der Waals surface area contributed by atoms with Gasteiger partial charge in [0.15, 0.2) is 11.5 Å². The summed E-state index contributed by atoms with van der Waals surface area (Å²) in [6.45, 7) is 3.47. The first kappa shape index (κ1) is 38.0. The second kappa shape index (κ2) is 16.7. The van der Waals surface area contributed by atoms with Gasteiger partial charge in [0.25, 0.3) is 11.8 Å². The van der Waals surface area contributed by atoms with Crippen molar-refractivity contribution in [3.05, 3.63) is 84.6 Å². The number of anilines is 5. The number of imidazole rings is 1. The van der Waals surface area contributed by atoms with Crippen LogP contribution in [0.5, 0.6) is 0 Å². The number of carbonyl (C=O) groups excluding carboxylic acids is 5. The van der Waals surface area contributed by atoms with Crippen LogP contribution in [0.15, 0.2) is 73.4 Å². The molecule has 0 spiro atoms. The van der Waals surface area contributed by atoms with Crippen LogP contribution in [-0.4, -0.2) is 102 Å². The molecular weight excluding hydrogens is 741 g/mol. The summed E-state index contributed by atoms with van der Waals surface area (Å²) < 4.78 is 1.88. The Morgan fingerprint density at radius 2 is 1.67 bits per heavy atom. The Hall–Kier alpha value is -6.91. The Labute approximate surface area is 334 Å². The van der Waals surface area contributed by atoms with E-state index < -0.39 is 29.7 Å². The molecule has 1 atom stereocenters. The Balaban J connectivity index is 0.740. The smallest absolute Gasteiger partial charge is 0.264 e. The lowest BCUT2D eigenvalue weighted by Crippen LogP contribution is -2.54. The first-order valence-electron chi connectivity index (χ1n) is 19.6. The number of rotatable bonds is 14. The van der Waals surface area contributed by atoms with E-state index >= 15 is 0 Å². The summed E-state index contributed by atoms with van der Waals surface area (Å²) in [6.07, 6.45) is 13.8. The Morgan fingerprint density at radius 1 is 0.879 bits per heavy atom. The van der Waals surface area contributed by atoms with Crippen molar-refractivity contribution in [3.8, 4) is 11.4 Å². The number of fused-ring (bicyclic) bond motifs is 2. The maximum absolute atomic E-state index is 13.3. The molecule has 1 unspecified atom stereocenters. The highest BCUT2D eigenvalue weighted by Crippen LogP contribution is 2.33. The molecule has 6 heterocycles. The maximum Gasteiger partial charge on any atom is 0.264 e. The summed E-state index contributed by atoms with van der Waals surface area (Å²) in [7, 11) is 0. The minimum Gasteiger partial charge on any atom is -0.384 e. The van der Waals surface area contributed by atoms with Crippen molar-refractivity contribution in [1.82, 2.24) is 39.5 Å². The van der Waals surface area contributed by atoms with Crippen LogP contribution >= 0.6 is 0 Å². The third-order valence-electron chi connectivity index (χ3n) is 10.8. The fraction of sp³-hybridized carbons (Fsp3) is 0.341. The second-order valence-electron chi connectivity index (χ2n) is 14.6. The molecule has 3 aliphatic heterocycles. The van der Waals surface area contributed by atoms with Crippen LogP contribution in [0.25, 0.3) is 17.0 Å². The first-order valence-corrected chi connectivity index (χ1v) is 19.6. The van der Waals surface area contributed by atoms with Gasteiger partial charge in [-0.3, -0.25) is 39.2 Å². The molecular formula is C41H44N12O5. The zero-order valence-corrected chi connectivity index (χ0v) is 31.9. The fourth-order valence-corrected chi connectivity index (χ4v) is 7.72. The molecule has 0 saturated carbocycles. The number of nitrogens with two attached hydrogens (primary N) is 1. The predicted octanol–water partition coefficient (Wildman–Crippen LogP) is 4.01. The van der Waals surface area contributed by atoms with Crippen LogP contribution in [0.3, 0.4) is 0 Å². The van der Waals surface area contributed by atoms with E-state index in [9.17, 15) is 24.0 Å². The lowest BCUT2D eigenvalue weighted by Gasteiger charge is -2.36. The molecule has 8 rings (SSSR count). The minimum atomic E-state index is -0.995. The number of carbonyl (C=O) groups is 5. The van der Waals surface area contributed by atoms with Gasteiger partial charge in [-0.25, -0.2) is 15.0 Å². The standard InChI is InChI=1S/C41H44N12O5/c42-33-24-43-23-30(47-33)31-25-52-18-17-45-38(52)37(48-31)46-26-10-12-27(13-11-26)50-19-21-51(22-20-50)35(55)9-4-2-1-3-5-16-44-29-8-6-7-28-36(29)41(58)53(40(28)57)32-14-15-34(54)49-39(32)56/h6-8,10-13,17-18,23-25,32,44H,1-5,9,14-16,19-22H2,(H2,42,47)(H,46,48)(H,49,54,56). The van der Waals surface area contributed by atoms with Gasteiger partial charge in [-0.2, -0.15) is 0 Å². The van der Waals surface area contributed by atoms with Crippen LogP contribution in [0.4, 0.5) is 28.7 Å². The van der Waals surface area contributed by atoms with Gasteiger partial charge in [-0.05, 0) is 55.7 Å². The highest BCUT2D eigenvalue weighted by Gasteiger charge is 2.45. The molecule has 2 fully saturated rings. The summed E-state index contributed by atoms with van der Waals surface area (Å²) in [5.41, 5.74) is 10.7. The van der Waals surface area contributed by atoms with Crippen LogP contribution < -0.4 is 26.6 Å². The highest BCUT2D eigenvalue weighted by molar-refractivity contribution is 6.25. The van der Waals surface area contributed by atoms with Gasteiger partial charge in [0, 0.05) is 81.2 Å². The third-order valence-corrected chi connectivity index (χ3v) is 10.8. The fourth-order valence-electron chi connectivity index (χ4n) is 7.72. The second-order valence-corrected chi connectivity index (χ2v) is 14.6. The molecule has 0 radical (unpaired) electrons. The van der Waals surface area contributed by atoms with Crippen molar-refractivity contribution in [2.75, 3.05) is 54.0 Å². The average molecular weight is 785 g/mol. The van der Waals surface area contributed by atoms with Crippen molar-refractivity contribution in [2.45, 2.75) is 57.4 Å². The minimum absolute atomic E-state index is 0.0769. The predicted molar refractivity (Wildman–Crippen MR) is 216 cm³/mol. The summed E-state index contributed by atoms with van der Waals surface area (Å²) >= 11 is 0. The van der Waals surface area contributed by atoms with Crippen LogP contribution in [-0.2, 0) is 14.4 Å². The quantitative estimate of drug-likeness (QED) is 0.0927. The molecule has 17 heteroatoms. The molecule has 0 aliphatic carbocycles. The molecule has 3 aliphatic rings. The van der Waals surface area contributed by atoms with E-state index in [0.717, 1.165) is 61.5 Å². The van der Waals surface area contributed by atoms with E-state index in [2.05, 4.69) is 47.9 Å². The van der Waals surface area contributed by atoms with E-state index in [1.807, 2.05) is 33.8 Å². The lowest BCUT2D eigenvalue weighted by atomic mass is 10.0. The number of hydrogen-bond acceptors (Lipinski definition) is 13. The summed E-state index contributed by atoms with van der Waals surface area (Å²) in [6, 6.07) is 12.2.